The third-order valence-corrected chi connectivity index (χ3v) is 7.74. The topological polar surface area (TPSA) is 104 Å². The van der Waals surface area contributed by atoms with E-state index < -0.39 is 12.1 Å². The van der Waals surface area contributed by atoms with Gasteiger partial charge in [-0.25, -0.2) is 0 Å². The number of methoxy groups -OCH3 is 1. The number of carbonyl (C=O) groups excluding carboxylic acids is 3. The van der Waals surface area contributed by atoms with E-state index in [-0.39, 0.29) is 36.5 Å². The predicted octanol–water partition coefficient (Wildman–Crippen LogP) is 4.29. The second-order valence-corrected chi connectivity index (χ2v) is 10.6. The Labute approximate surface area is 246 Å². The molecule has 0 spiro atoms. The van der Waals surface area contributed by atoms with Crippen LogP contribution in [0.15, 0.2) is 83.5 Å². The summed E-state index contributed by atoms with van der Waals surface area (Å²) in [5, 5.41) is 7.68. The van der Waals surface area contributed by atoms with Gasteiger partial charge in [-0.3, -0.25) is 19.4 Å². The molecule has 41 heavy (non-hydrogen) atoms. The van der Waals surface area contributed by atoms with Crippen LogP contribution in [-0.4, -0.2) is 55.5 Å². The first-order valence-corrected chi connectivity index (χ1v) is 14.0. The van der Waals surface area contributed by atoms with Gasteiger partial charge in [0.2, 0.25) is 5.91 Å². The van der Waals surface area contributed by atoms with Crippen LogP contribution in [0.4, 0.5) is 11.4 Å². The van der Waals surface area contributed by atoms with Crippen LogP contribution in [0.3, 0.4) is 0 Å². The number of amides is 3. The van der Waals surface area contributed by atoms with Gasteiger partial charge in [-0.05, 0) is 67.2 Å². The molecular weight excluding hydrogens is 586 g/mol. The summed E-state index contributed by atoms with van der Waals surface area (Å²) in [5.74, 6) is -0.447. The Hall–Kier alpha value is -4.28. The molecule has 0 radical (unpaired) electrons. The maximum absolute atomic E-state index is 14.3. The maximum atomic E-state index is 14.3. The minimum absolute atomic E-state index is 0.0659. The van der Waals surface area contributed by atoms with Crippen molar-refractivity contribution >= 4 is 55.8 Å². The number of benzene rings is 3. The quantitative estimate of drug-likeness (QED) is 0.321. The van der Waals surface area contributed by atoms with E-state index in [0.29, 0.717) is 17.1 Å². The number of para-hydroxylation sites is 2. The van der Waals surface area contributed by atoms with Crippen molar-refractivity contribution in [2.75, 3.05) is 30.5 Å². The SMILES string of the molecule is CNC(C)C(=O)NC1CN(C(=O)c2ccccn2)c2ccccc2N(Cc2c(OC)ccc3cc(Br)ccc23)C1=O. The van der Waals surface area contributed by atoms with Crippen molar-refractivity contribution in [2.24, 2.45) is 0 Å². The van der Waals surface area contributed by atoms with Gasteiger partial charge in [0, 0.05) is 16.2 Å². The van der Waals surface area contributed by atoms with Crippen molar-refractivity contribution in [1.82, 2.24) is 15.6 Å². The van der Waals surface area contributed by atoms with Crippen LogP contribution in [-0.2, 0) is 16.1 Å². The molecule has 1 aromatic heterocycles. The highest BCUT2D eigenvalue weighted by atomic mass is 79.9. The number of fused-ring (bicyclic) bond motifs is 2. The second kappa shape index (κ2) is 12.1. The molecule has 4 aromatic rings. The largest absolute Gasteiger partial charge is 0.496 e. The normalized spacial score (nSPS) is 15.7. The second-order valence-electron chi connectivity index (χ2n) is 9.73. The lowest BCUT2D eigenvalue weighted by atomic mass is 10.0. The number of hydrogen-bond donors (Lipinski definition) is 2. The number of likely N-dealkylation sites (N-methyl/N-ethyl adjacent to an activating group) is 1. The van der Waals surface area contributed by atoms with E-state index in [4.69, 9.17) is 4.74 Å². The molecule has 10 heteroatoms. The van der Waals surface area contributed by atoms with Gasteiger partial charge in [0.25, 0.3) is 11.8 Å². The van der Waals surface area contributed by atoms with Crippen LogP contribution in [0.1, 0.15) is 23.0 Å². The van der Waals surface area contributed by atoms with Crippen LogP contribution in [0.5, 0.6) is 5.75 Å². The van der Waals surface area contributed by atoms with Gasteiger partial charge in [-0.15, -0.1) is 0 Å². The number of pyridine rings is 1. The summed E-state index contributed by atoms with van der Waals surface area (Å²) in [6.45, 7) is 1.79. The van der Waals surface area contributed by atoms with Gasteiger partial charge in [-0.1, -0.05) is 46.3 Å². The van der Waals surface area contributed by atoms with Crippen LogP contribution >= 0.6 is 15.9 Å². The highest BCUT2D eigenvalue weighted by Crippen LogP contribution is 2.38. The lowest BCUT2D eigenvalue weighted by Crippen LogP contribution is -2.55. The number of nitrogens with zero attached hydrogens (tertiary/aromatic N) is 3. The summed E-state index contributed by atoms with van der Waals surface area (Å²) in [4.78, 5) is 48.5. The number of aromatic nitrogens is 1. The summed E-state index contributed by atoms with van der Waals surface area (Å²) in [6.07, 6.45) is 1.55. The van der Waals surface area contributed by atoms with Gasteiger partial charge in [0.15, 0.2) is 0 Å². The van der Waals surface area contributed by atoms with Gasteiger partial charge in [0.05, 0.1) is 37.6 Å². The zero-order valence-corrected chi connectivity index (χ0v) is 24.5. The lowest BCUT2D eigenvalue weighted by Gasteiger charge is -2.27. The molecule has 2 atom stereocenters. The van der Waals surface area contributed by atoms with Crippen molar-refractivity contribution in [2.45, 2.75) is 25.6 Å². The fourth-order valence-corrected chi connectivity index (χ4v) is 5.34. The Morgan fingerprint density at radius 1 is 1.07 bits per heavy atom. The number of anilines is 2. The number of nitrogens with one attached hydrogen (secondary N) is 2. The standard InChI is InChI=1S/C31H30BrN5O4/c1-19(33-2)29(38)35-25-18-37(30(39)24-8-6-7-15-34-24)27-10-5-4-9-26(27)36(31(25)40)17-23-22-13-12-21(32)16-20(22)11-14-28(23)41-3/h4-16,19,25,33H,17-18H2,1-3H3,(H,35,38). The van der Waals surface area contributed by atoms with Gasteiger partial charge < -0.3 is 25.2 Å². The van der Waals surface area contributed by atoms with E-state index in [0.717, 1.165) is 20.8 Å². The van der Waals surface area contributed by atoms with Crippen molar-refractivity contribution < 1.29 is 19.1 Å². The number of rotatable bonds is 7. The molecule has 3 aromatic carbocycles. The van der Waals surface area contributed by atoms with Crippen molar-refractivity contribution in [3.63, 3.8) is 0 Å². The zero-order valence-electron chi connectivity index (χ0n) is 22.9. The first-order valence-electron chi connectivity index (χ1n) is 13.2. The molecule has 9 nitrogen and oxygen atoms in total. The summed E-state index contributed by atoms with van der Waals surface area (Å²) >= 11 is 3.54. The molecule has 2 N–H and O–H groups in total. The molecule has 0 aliphatic carbocycles. The van der Waals surface area contributed by atoms with Crippen molar-refractivity contribution in [3.05, 3.63) is 94.7 Å². The zero-order chi connectivity index (χ0) is 29.1. The number of carbonyl (C=O) groups is 3. The van der Waals surface area contributed by atoms with Crippen molar-refractivity contribution in [3.8, 4) is 5.75 Å². The Morgan fingerprint density at radius 2 is 1.83 bits per heavy atom. The Kier molecular flexibility index (Phi) is 8.32. The highest BCUT2D eigenvalue weighted by molar-refractivity contribution is 9.10. The molecule has 5 rings (SSSR count). The van der Waals surface area contributed by atoms with E-state index in [2.05, 4.69) is 31.5 Å². The monoisotopic (exact) mass is 615 g/mol. The third-order valence-electron chi connectivity index (χ3n) is 7.25. The van der Waals surface area contributed by atoms with E-state index in [1.807, 2.05) is 42.5 Å². The third kappa shape index (κ3) is 5.66. The molecule has 0 bridgehead atoms. The summed E-state index contributed by atoms with van der Waals surface area (Å²) in [7, 11) is 3.26. The fraction of sp³-hybridized carbons (Fsp3) is 0.226. The van der Waals surface area contributed by atoms with Crippen molar-refractivity contribution in [1.29, 1.82) is 0 Å². The van der Waals surface area contributed by atoms with E-state index in [1.165, 1.54) is 4.90 Å². The van der Waals surface area contributed by atoms with Crippen LogP contribution in [0.2, 0.25) is 0 Å². The molecular formula is C31H30BrN5O4. The highest BCUT2D eigenvalue weighted by Gasteiger charge is 2.38. The van der Waals surface area contributed by atoms with Gasteiger partial charge in [0.1, 0.15) is 17.5 Å². The van der Waals surface area contributed by atoms with E-state index >= 15 is 0 Å². The molecule has 0 saturated heterocycles. The molecule has 1 aliphatic heterocycles. The molecule has 2 unspecified atom stereocenters. The molecule has 2 heterocycles. The Bertz CT molecular complexity index is 1610. The maximum Gasteiger partial charge on any atom is 0.277 e. The van der Waals surface area contributed by atoms with Crippen LogP contribution in [0.25, 0.3) is 10.8 Å². The van der Waals surface area contributed by atoms with Crippen LogP contribution < -0.4 is 25.2 Å². The number of hydrogen-bond acceptors (Lipinski definition) is 6. The molecule has 210 valence electrons. The molecule has 0 fully saturated rings. The summed E-state index contributed by atoms with van der Waals surface area (Å²) < 4.78 is 6.67. The fourth-order valence-electron chi connectivity index (χ4n) is 4.96. The van der Waals surface area contributed by atoms with E-state index in [1.54, 1.807) is 62.5 Å². The Morgan fingerprint density at radius 3 is 2.54 bits per heavy atom. The van der Waals surface area contributed by atoms with E-state index in [9.17, 15) is 14.4 Å². The first kappa shape index (κ1) is 28.3. The average Bonchev–Trinajstić information content (AvgIpc) is 3.11. The number of halogens is 1. The van der Waals surface area contributed by atoms with Crippen LogP contribution in [0, 0.1) is 0 Å². The first-order chi connectivity index (χ1) is 19.8. The predicted molar refractivity (Wildman–Crippen MR) is 162 cm³/mol. The molecule has 0 saturated carbocycles. The molecule has 3 amide bonds. The number of ether oxygens (including phenoxy) is 1. The van der Waals surface area contributed by atoms with Gasteiger partial charge >= 0.3 is 0 Å². The minimum atomic E-state index is -1.02. The average molecular weight is 617 g/mol. The smallest absolute Gasteiger partial charge is 0.277 e. The Balaban J connectivity index is 1.65. The minimum Gasteiger partial charge on any atom is -0.496 e. The molecule has 1 aliphatic rings. The summed E-state index contributed by atoms with van der Waals surface area (Å²) in [5.41, 5.74) is 2.12. The summed E-state index contributed by atoms with van der Waals surface area (Å²) in [6, 6.07) is 20.6. The lowest BCUT2D eigenvalue weighted by molar-refractivity contribution is -0.128. The van der Waals surface area contributed by atoms with Gasteiger partial charge in [-0.2, -0.15) is 0 Å².